The average Bonchev–Trinajstić information content (AvgIpc) is 3.18. The van der Waals surface area contributed by atoms with Gasteiger partial charge in [0.2, 0.25) is 0 Å². The fourth-order valence-corrected chi connectivity index (χ4v) is 4.57. The number of fused-ring (bicyclic) bond motifs is 3. The monoisotopic (exact) mass is 382 g/mol. The van der Waals surface area contributed by atoms with Crippen LogP contribution < -0.4 is 0 Å². The summed E-state index contributed by atoms with van der Waals surface area (Å²) in [6, 6.07) is 27.0. The summed E-state index contributed by atoms with van der Waals surface area (Å²) in [4.78, 5) is 16.1. The number of benzene rings is 4. The number of nitrogens with zero attached hydrogens (tertiary/aromatic N) is 2. The first-order valence-electron chi connectivity index (χ1n) is 8.84. The Kier molecular flexibility index (Phi) is 3.88. The fraction of sp³-hybridized carbons (Fsp3) is 0. The van der Waals surface area contributed by atoms with Gasteiger partial charge in [-0.25, -0.2) is 4.98 Å². The van der Waals surface area contributed by atoms with Crippen LogP contribution in [0.1, 0.15) is 0 Å². The summed E-state index contributed by atoms with van der Waals surface area (Å²) in [5.74, 6) is 0. The Morgan fingerprint density at radius 1 is 0.786 bits per heavy atom. The second-order valence-corrected chi connectivity index (χ2v) is 7.51. The maximum absolute atomic E-state index is 11.6. The minimum atomic E-state index is -0.323. The molecule has 1 heterocycles. The van der Waals surface area contributed by atoms with Crippen molar-refractivity contribution in [3.63, 3.8) is 0 Å². The average molecular weight is 382 g/mol. The molecule has 0 N–H and O–H groups in total. The van der Waals surface area contributed by atoms with Gasteiger partial charge in [-0.3, -0.25) is 10.1 Å². The Bertz CT molecular complexity index is 1340. The van der Waals surface area contributed by atoms with Gasteiger partial charge in [0.15, 0.2) is 0 Å². The first kappa shape index (κ1) is 16.6. The van der Waals surface area contributed by atoms with Crippen molar-refractivity contribution >= 4 is 38.0 Å². The Morgan fingerprint density at radius 3 is 2.25 bits per heavy atom. The van der Waals surface area contributed by atoms with Crippen LogP contribution in [0.5, 0.6) is 0 Å². The van der Waals surface area contributed by atoms with Gasteiger partial charge in [0.25, 0.3) is 5.69 Å². The molecule has 134 valence electrons. The van der Waals surface area contributed by atoms with Gasteiger partial charge < -0.3 is 0 Å². The predicted octanol–water partition coefficient (Wildman–Crippen LogP) is 6.69. The van der Waals surface area contributed by atoms with Crippen molar-refractivity contribution in [3.05, 3.63) is 95.0 Å². The van der Waals surface area contributed by atoms with Gasteiger partial charge in [-0.05, 0) is 23.1 Å². The molecule has 5 aromatic rings. The van der Waals surface area contributed by atoms with Crippen LogP contribution in [0.2, 0.25) is 0 Å². The molecule has 0 spiro atoms. The third kappa shape index (κ3) is 2.64. The molecule has 0 saturated carbocycles. The first-order valence-corrected chi connectivity index (χ1v) is 9.65. The smallest absolute Gasteiger partial charge is 0.258 e. The lowest BCUT2D eigenvalue weighted by Crippen LogP contribution is -1.92. The van der Waals surface area contributed by atoms with E-state index in [4.69, 9.17) is 4.98 Å². The minimum absolute atomic E-state index is 0.111. The molecule has 0 radical (unpaired) electrons. The van der Waals surface area contributed by atoms with Gasteiger partial charge in [0.1, 0.15) is 5.01 Å². The molecule has 5 rings (SSSR count). The van der Waals surface area contributed by atoms with E-state index in [1.165, 1.54) is 0 Å². The van der Waals surface area contributed by atoms with E-state index < -0.39 is 0 Å². The standard InChI is InChI=1S/C23H14N2O2S/c26-25(27)20-13-7-6-11-17(20)19-14-21-22(18-12-5-4-10-16(18)19)24-23(28-21)15-8-2-1-3-9-15/h1-14H. The van der Waals surface area contributed by atoms with Gasteiger partial charge in [0, 0.05) is 17.0 Å². The van der Waals surface area contributed by atoms with Gasteiger partial charge in [-0.1, -0.05) is 66.7 Å². The molecular weight excluding hydrogens is 368 g/mol. The zero-order valence-corrected chi connectivity index (χ0v) is 15.5. The van der Waals surface area contributed by atoms with Crippen molar-refractivity contribution in [2.75, 3.05) is 0 Å². The highest BCUT2D eigenvalue weighted by molar-refractivity contribution is 7.21. The number of para-hydroxylation sites is 1. The Balaban J connectivity index is 1.85. The summed E-state index contributed by atoms with van der Waals surface area (Å²) in [6.45, 7) is 0. The van der Waals surface area contributed by atoms with Crippen LogP contribution in [0, 0.1) is 10.1 Å². The number of nitro benzene ring substituents is 1. The molecule has 0 aliphatic carbocycles. The maximum Gasteiger partial charge on any atom is 0.277 e. The summed E-state index contributed by atoms with van der Waals surface area (Å²) in [6.07, 6.45) is 0. The SMILES string of the molecule is O=[N+]([O-])c1ccccc1-c1cc2sc(-c3ccccc3)nc2c2ccccc12. The minimum Gasteiger partial charge on any atom is -0.258 e. The molecule has 0 unspecified atom stereocenters. The van der Waals surface area contributed by atoms with Crippen LogP contribution in [-0.4, -0.2) is 9.91 Å². The van der Waals surface area contributed by atoms with E-state index >= 15 is 0 Å². The number of thiazole rings is 1. The maximum atomic E-state index is 11.6. The Labute approximate surface area is 164 Å². The highest BCUT2D eigenvalue weighted by Crippen LogP contribution is 2.41. The normalized spacial score (nSPS) is 11.1. The van der Waals surface area contributed by atoms with Crippen molar-refractivity contribution in [3.8, 4) is 21.7 Å². The second-order valence-electron chi connectivity index (χ2n) is 6.48. The van der Waals surface area contributed by atoms with E-state index in [-0.39, 0.29) is 10.6 Å². The largest absolute Gasteiger partial charge is 0.277 e. The van der Waals surface area contributed by atoms with Crippen LogP contribution in [0.25, 0.3) is 42.7 Å². The quantitative estimate of drug-likeness (QED) is 0.258. The Morgan fingerprint density at radius 2 is 1.46 bits per heavy atom. The first-order chi connectivity index (χ1) is 13.7. The summed E-state index contributed by atoms with van der Waals surface area (Å²) < 4.78 is 1.02. The van der Waals surface area contributed by atoms with Crippen LogP contribution in [0.4, 0.5) is 5.69 Å². The Hall–Kier alpha value is -3.57. The molecule has 5 heteroatoms. The molecule has 0 atom stereocenters. The van der Waals surface area contributed by atoms with Crippen LogP contribution in [0.15, 0.2) is 84.9 Å². The molecule has 1 aromatic heterocycles. The number of hydrogen-bond donors (Lipinski definition) is 0. The lowest BCUT2D eigenvalue weighted by molar-refractivity contribution is -0.384. The third-order valence-electron chi connectivity index (χ3n) is 4.81. The molecule has 4 nitrogen and oxygen atoms in total. The number of hydrogen-bond acceptors (Lipinski definition) is 4. The fourth-order valence-electron chi connectivity index (χ4n) is 3.54. The van der Waals surface area contributed by atoms with E-state index in [0.29, 0.717) is 5.56 Å². The van der Waals surface area contributed by atoms with Crippen LogP contribution in [0.3, 0.4) is 0 Å². The molecule has 0 fully saturated rings. The van der Waals surface area contributed by atoms with E-state index in [0.717, 1.165) is 37.1 Å². The van der Waals surface area contributed by atoms with Crippen molar-refractivity contribution in [1.29, 1.82) is 0 Å². The number of nitro groups is 1. The van der Waals surface area contributed by atoms with E-state index in [1.54, 1.807) is 23.5 Å². The summed E-state index contributed by atoms with van der Waals surface area (Å²) >= 11 is 1.61. The number of aromatic nitrogens is 1. The molecule has 0 bridgehead atoms. The second kappa shape index (κ2) is 6.55. The van der Waals surface area contributed by atoms with Crippen LogP contribution in [-0.2, 0) is 0 Å². The highest BCUT2D eigenvalue weighted by Gasteiger charge is 2.19. The highest BCUT2D eigenvalue weighted by atomic mass is 32.1. The zero-order valence-electron chi connectivity index (χ0n) is 14.7. The van der Waals surface area contributed by atoms with Crippen molar-refractivity contribution < 1.29 is 4.92 Å². The lowest BCUT2D eigenvalue weighted by atomic mass is 9.96. The van der Waals surface area contributed by atoms with Crippen molar-refractivity contribution in [1.82, 2.24) is 4.98 Å². The van der Waals surface area contributed by atoms with E-state index in [1.807, 2.05) is 72.8 Å². The van der Waals surface area contributed by atoms with Gasteiger partial charge in [0.05, 0.1) is 20.7 Å². The van der Waals surface area contributed by atoms with Gasteiger partial charge in [-0.2, -0.15) is 0 Å². The van der Waals surface area contributed by atoms with Crippen LogP contribution >= 0.6 is 11.3 Å². The van der Waals surface area contributed by atoms with Crippen molar-refractivity contribution in [2.24, 2.45) is 0 Å². The molecule has 0 aliphatic rings. The summed E-state index contributed by atoms with van der Waals surface area (Å²) in [7, 11) is 0. The third-order valence-corrected chi connectivity index (χ3v) is 5.86. The molecular formula is C23H14N2O2S. The summed E-state index contributed by atoms with van der Waals surface area (Å²) in [5.41, 5.74) is 3.60. The molecule has 28 heavy (non-hydrogen) atoms. The van der Waals surface area contributed by atoms with E-state index in [2.05, 4.69) is 0 Å². The van der Waals surface area contributed by atoms with Gasteiger partial charge in [-0.15, -0.1) is 11.3 Å². The zero-order chi connectivity index (χ0) is 19.1. The molecule has 0 aliphatic heterocycles. The topological polar surface area (TPSA) is 56.0 Å². The van der Waals surface area contributed by atoms with E-state index in [9.17, 15) is 10.1 Å². The van der Waals surface area contributed by atoms with Gasteiger partial charge >= 0.3 is 0 Å². The molecule has 0 saturated heterocycles. The molecule has 4 aromatic carbocycles. The predicted molar refractivity (Wildman–Crippen MR) is 115 cm³/mol. The lowest BCUT2D eigenvalue weighted by Gasteiger charge is -2.08. The number of rotatable bonds is 3. The summed E-state index contributed by atoms with van der Waals surface area (Å²) in [5, 5.41) is 14.5. The molecule has 0 amide bonds. The van der Waals surface area contributed by atoms with Crippen molar-refractivity contribution in [2.45, 2.75) is 0 Å².